The molecule has 1 aromatic carbocycles. The highest BCUT2D eigenvalue weighted by Gasteiger charge is 2.30. The van der Waals surface area contributed by atoms with E-state index in [9.17, 15) is 23.1 Å². The summed E-state index contributed by atoms with van der Waals surface area (Å²) >= 11 is 0. The molecule has 0 aliphatic carbocycles. The normalized spacial score (nSPS) is 10.7. The highest BCUT2D eigenvalue weighted by Crippen LogP contribution is 2.31. The molecule has 0 unspecified atom stereocenters. The van der Waals surface area contributed by atoms with Crippen LogP contribution in [0.15, 0.2) is 48.7 Å². The molecule has 0 aliphatic heterocycles. The number of halogens is 3. The topological polar surface area (TPSA) is 95.3 Å². The standard InChI is InChI=1S/C13H9F3N2O2.C8H11NO/c14-13(15,16)8-3-1-4-9(7-8)18-11-10(12(19)20)5-2-6-17-11;1-5-4-6(2)9-7(3)8(5)10/h1-7H,(H,17,18)(H,19,20);4,10H,1-3H3. The Labute approximate surface area is 171 Å². The van der Waals surface area contributed by atoms with E-state index in [0.29, 0.717) is 11.4 Å². The number of aromatic hydroxyl groups is 1. The molecule has 30 heavy (non-hydrogen) atoms. The van der Waals surface area contributed by atoms with Crippen LogP contribution in [0.5, 0.6) is 5.75 Å². The van der Waals surface area contributed by atoms with Gasteiger partial charge in [-0.05, 0) is 62.7 Å². The monoisotopic (exact) mass is 419 g/mol. The van der Waals surface area contributed by atoms with E-state index < -0.39 is 17.7 Å². The summed E-state index contributed by atoms with van der Waals surface area (Å²) < 4.78 is 37.7. The average Bonchev–Trinajstić information content (AvgIpc) is 2.66. The number of aromatic nitrogens is 2. The van der Waals surface area contributed by atoms with Gasteiger partial charge in [-0.1, -0.05) is 6.07 Å². The Kier molecular flexibility index (Phi) is 6.99. The fraction of sp³-hybridized carbons (Fsp3) is 0.190. The lowest BCUT2D eigenvalue weighted by Gasteiger charge is -2.11. The van der Waals surface area contributed by atoms with E-state index in [0.717, 1.165) is 23.4 Å². The number of nitrogens with zero attached hydrogens (tertiary/aromatic N) is 2. The van der Waals surface area contributed by atoms with E-state index in [4.69, 9.17) is 5.11 Å². The number of pyridine rings is 2. The van der Waals surface area contributed by atoms with Crippen molar-refractivity contribution in [1.29, 1.82) is 0 Å². The van der Waals surface area contributed by atoms with Crippen LogP contribution in [-0.2, 0) is 6.18 Å². The quantitative estimate of drug-likeness (QED) is 0.536. The maximum Gasteiger partial charge on any atom is 0.416 e. The molecular weight excluding hydrogens is 399 g/mol. The molecule has 3 aromatic rings. The predicted molar refractivity (Wildman–Crippen MR) is 106 cm³/mol. The molecule has 2 aromatic heterocycles. The summed E-state index contributed by atoms with van der Waals surface area (Å²) in [6, 6.07) is 9.06. The number of carboxylic acids is 1. The van der Waals surface area contributed by atoms with Gasteiger partial charge in [-0.2, -0.15) is 13.2 Å². The number of alkyl halides is 3. The van der Waals surface area contributed by atoms with Crippen molar-refractivity contribution in [3.8, 4) is 5.75 Å². The minimum Gasteiger partial charge on any atom is -0.506 e. The van der Waals surface area contributed by atoms with Crippen LogP contribution in [-0.4, -0.2) is 26.2 Å². The summed E-state index contributed by atoms with van der Waals surface area (Å²) in [5.74, 6) is -0.919. The Balaban J connectivity index is 0.000000269. The third kappa shape index (κ3) is 5.94. The number of carbonyl (C=O) groups is 1. The molecule has 0 bridgehead atoms. The lowest BCUT2D eigenvalue weighted by Crippen LogP contribution is -2.07. The van der Waals surface area contributed by atoms with E-state index in [1.54, 1.807) is 6.92 Å². The van der Waals surface area contributed by atoms with Crippen molar-refractivity contribution in [3.05, 3.63) is 76.7 Å². The lowest BCUT2D eigenvalue weighted by atomic mass is 10.2. The van der Waals surface area contributed by atoms with Gasteiger partial charge in [0, 0.05) is 17.6 Å². The van der Waals surface area contributed by atoms with E-state index in [2.05, 4.69) is 15.3 Å². The minimum atomic E-state index is -4.46. The van der Waals surface area contributed by atoms with Crippen LogP contribution in [0.3, 0.4) is 0 Å². The number of nitrogens with one attached hydrogen (secondary N) is 1. The van der Waals surface area contributed by atoms with Crippen molar-refractivity contribution in [2.75, 3.05) is 5.32 Å². The SMILES string of the molecule is Cc1cc(C)c(O)c(C)n1.O=C(O)c1cccnc1Nc1cccc(C(F)(F)F)c1. The highest BCUT2D eigenvalue weighted by molar-refractivity contribution is 5.93. The maximum absolute atomic E-state index is 12.6. The Bertz CT molecular complexity index is 1030. The minimum absolute atomic E-state index is 0.0145. The molecule has 158 valence electrons. The molecule has 0 aliphatic rings. The molecule has 0 fully saturated rings. The first-order valence-electron chi connectivity index (χ1n) is 8.75. The van der Waals surface area contributed by atoms with Crippen LogP contribution in [0.1, 0.15) is 32.9 Å². The van der Waals surface area contributed by atoms with Crippen LogP contribution < -0.4 is 5.32 Å². The number of anilines is 2. The van der Waals surface area contributed by atoms with Crippen molar-refractivity contribution in [2.45, 2.75) is 26.9 Å². The molecule has 9 heteroatoms. The Morgan fingerprint density at radius 1 is 1.07 bits per heavy atom. The number of hydrogen-bond acceptors (Lipinski definition) is 5. The molecule has 0 spiro atoms. The number of benzene rings is 1. The first-order valence-corrected chi connectivity index (χ1v) is 8.75. The smallest absolute Gasteiger partial charge is 0.416 e. The molecule has 0 radical (unpaired) electrons. The van der Waals surface area contributed by atoms with Crippen LogP contribution in [0.4, 0.5) is 24.7 Å². The molecule has 3 N–H and O–H groups in total. The third-order valence-electron chi connectivity index (χ3n) is 3.98. The van der Waals surface area contributed by atoms with Crippen LogP contribution >= 0.6 is 0 Å². The van der Waals surface area contributed by atoms with Gasteiger partial charge in [0.25, 0.3) is 0 Å². The third-order valence-corrected chi connectivity index (χ3v) is 3.98. The number of carboxylic acid groups (broad SMARTS) is 1. The molecular formula is C21H20F3N3O3. The maximum atomic E-state index is 12.6. The fourth-order valence-corrected chi connectivity index (χ4v) is 2.60. The van der Waals surface area contributed by atoms with Gasteiger partial charge in [0.1, 0.15) is 17.1 Å². The van der Waals surface area contributed by atoms with Crippen LogP contribution in [0, 0.1) is 20.8 Å². The highest BCUT2D eigenvalue weighted by atomic mass is 19.4. The van der Waals surface area contributed by atoms with Crippen molar-refractivity contribution < 1.29 is 28.2 Å². The second-order valence-electron chi connectivity index (χ2n) is 6.42. The first-order chi connectivity index (χ1) is 14.0. The first kappa shape index (κ1) is 22.7. The van der Waals surface area contributed by atoms with Crippen molar-refractivity contribution in [1.82, 2.24) is 9.97 Å². The molecule has 6 nitrogen and oxygen atoms in total. The Morgan fingerprint density at radius 3 is 2.37 bits per heavy atom. The number of aryl methyl sites for hydroxylation is 3. The summed E-state index contributed by atoms with van der Waals surface area (Å²) in [6.07, 6.45) is -3.11. The molecule has 0 saturated heterocycles. The largest absolute Gasteiger partial charge is 0.506 e. The van der Waals surface area contributed by atoms with E-state index >= 15 is 0 Å². The van der Waals surface area contributed by atoms with Crippen LogP contribution in [0.25, 0.3) is 0 Å². The van der Waals surface area contributed by atoms with E-state index in [-0.39, 0.29) is 17.1 Å². The van der Waals surface area contributed by atoms with Gasteiger partial charge in [-0.25, -0.2) is 9.78 Å². The van der Waals surface area contributed by atoms with Crippen LogP contribution in [0.2, 0.25) is 0 Å². The van der Waals surface area contributed by atoms with Crippen molar-refractivity contribution >= 4 is 17.5 Å². The summed E-state index contributed by atoms with van der Waals surface area (Å²) in [4.78, 5) is 18.9. The summed E-state index contributed by atoms with van der Waals surface area (Å²) in [5.41, 5.74) is 1.72. The van der Waals surface area contributed by atoms with Gasteiger partial charge in [0.05, 0.1) is 11.3 Å². The van der Waals surface area contributed by atoms with Gasteiger partial charge in [-0.15, -0.1) is 0 Å². The number of aromatic carboxylic acids is 1. The molecule has 3 rings (SSSR count). The Hall–Kier alpha value is -3.62. The summed E-state index contributed by atoms with van der Waals surface area (Å²) in [7, 11) is 0. The lowest BCUT2D eigenvalue weighted by molar-refractivity contribution is -0.137. The zero-order valence-electron chi connectivity index (χ0n) is 16.4. The molecule has 0 saturated carbocycles. The van der Waals surface area contributed by atoms with Gasteiger partial charge >= 0.3 is 12.1 Å². The molecule has 0 atom stereocenters. The number of hydrogen-bond donors (Lipinski definition) is 3. The predicted octanol–water partition coefficient (Wildman–Crippen LogP) is 5.25. The van der Waals surface area contributed by atoms with Gasteiger partial charge < -0.3 is 15.5 Å². The van der Waals surface area contributed by atoms with E-state index in [1.165, 1.54) is 30.5 Å². The van der Waals surface area contributed by atoms with Crippen molar-refractivity contribution in [2.24, 2.45) is 0 Å². The van der Waals surface area contributed by atoms with Gasteiger partial charge in [0.15, 0.2) is 0 Å². The second kappa shape index (κ2) is 9.25. The van der Waals surface area contributed by atoms with Gasteiger partial charge in [0.2, 0.25) is 0 Å². The number of rotatable bonds is 3. The molecule has 2 heterocycles. The summed E-state index contributed by atoms with van der Waals surface area (Å²) in [6.45, 7) is 5.59. The van der Waals surface area contributed by atoms with Gasteiger partial charge in [-0.3, -0.25) is 4.98 Å². The van der Waals surface area contributed by atoms with E-state index in [1.807, 2.05) is 19.9 Å². The second-order valence-corrected chi connectivity index (χ2v) is 6.42. The zero-order chi connectivity index (χ0) is 22.5. The zero-order valence-corrected chi connectivity index (χ0v) is 16.4. The molecule has 0 amide bonds. The fourth-order valence-electron chi connectivity index (χ4n) is 2.60. The Morgan fingerprint density at radius 2 is 1.77 bits per heavy atom. The van der Waals surface area contributed by atoms with Crippen molar-refractivity contribution in [3.63, 3.8) is 0 Å². The average molecular weight is 419 g/mol. The summed E-state index contributed by atoms with van der Waals surface area (Å²) in [5, 5.41) is 20.8.